The molecule has 0 aliphatic rings. The third kappa shape index (κ3) is 7.09. The molecule has 2 aromatic rings. The SMILES string of the molecule is CC[C@H](C(=O)NC(C)C)N(Cc1ccccc1C)C(=O)COc1ccc(C(C)C)cc1Br. The number of carbonyl (C=O) groups excluding carboxylic acids is 2. The number of carbonyl (C=O) groups is 2. The highest BCUT2D eigenvalue weighted by Crippen LogP contribution is 2.29. The van der Waals surface area contributed by atoms with Gasteiger partial charge in [0.1, 0.15) is 11.8 Å². The molecule has 0 bridgehead atoms. The van der Waals surface area contributed by atoms with Gasteiger partial charge in [-0.2, -0.15) is 0 Å². The third-order valence-electron chi connectivity index (χ3n) is 5.39. The number of benzene rings is 2. The quantitative estimate of drug-likeness (QED) is 0.460. The topological polar surface area (TPSA) is 58.6 Å². The number of amides is 2. The van der Waals surface area contributed by atoms with Crippen LogP contribution in [0.4, 0.5) is 0 Å². The predicted molar refractivity (Wildman–Crippen MR) is 133 cm³/mol. The Morgan fingerprint density at radius 3 is 2.34 bits per heavy atom. The Morgan fingerprint density at radius 2 is 1.78 bits per heavy atom. The molecule has 174 valence electrons. The van der Waals surface area contributed by atoms with Crippen molar-refractivity contribution < 1.29 is 14.3 Å². The zero-order valence-corrected chi connectivity index (χ0v) is 21.5. The van der Waals surface area contributed by atoms with Crippen molar-refractivity contribution in [2.75, 3.05) is 6.61 Å². The molecule has 1 N–H and O–H groups in total. The number of nitrogens with one attached hydrogen (secondary N) is 1. The molecule has 0 aliphatic carbocycles. The van der Waals surface area contributed by atoms with Crippen molar-refractivity contribution in [3.8, 4) is 5.75 Å². The largest absolute Gasteiger partial charge is 0.483 e. The maximum absolute atomic E-state index is 13.3. The zero-order valence-electron chi connectivity index (χ0n) is 19.9. The van der Waals surface area contributed by atoms with E-state index >= 15 is 0 Å². The number of hydrogen-bond donors (Lipinski definition) is 1. The maximum atomic E-state index is 13.3. The Labute approximate surface area is 200 Å². The molecule has 32 heavy (non-hydrogen) atoms. The van der Waals surface area contributed by atoms with E-state index in [1.165, 1.54) is 5.56 Å². The minimum atomic E-state index is -0.570. The van der Waals surface area contributed by atoms with Gasteiger partial charge in [0.25, 0.3) is 5.91 Å². The first-order valence-electron chi connectivity index (χ1n) is 11.2. The molecule has 0 unspecified atom stereocenters. The molecule has 2 amide bonds. The van der Waals surface area contributed by atoms with Gasteiger partial charge >= 0.3 is 0 Å². The van der Waals surface area contributed by atoms with Crippen molar-refractivity contribution in [2.45, 2.75) is 72.5 Å². The van der Waals surface area contributed by atoms with Crippen LogP contribution in [0.2, 0.25) is 0 Å². The van der Waals surface area contributed by atoms with Crippen LogP contribution in [0.3, 0.4) is 0 Å². The first-order valence-corrected chi connectivity index (χ1v) is 12.0. The smallest absolute Gasteiger partial charge is 0.261 e. The van der Waals surface area contributed by atoms with Gasteiger partial charge in [0.05, 0.1) is 4.47 Å². The Hall–Kier alpha value is -2.34. The minimum Gasteiger partial charge on any atom is -0.483 e. The lowest BCUT2D eigenvalue weighted by molar-refractivity contribution is -0.143. The third-order valence-corrected chi connectivity index (χ3v) is 6.01. The van der Waals surface area contributed by atoms with Gasteiger partial charge in [-0.05, 0) is 77.9 Å². The number of hydrogen-bond acceptors (Lipinski definition) is 3. The molecule has 0 saturated heterocycles. The molecule has 0 aliphatic heterocycles. The minimum absolute atomic E-state index is 0.00126. The van der Waals surface area contributed by atoms with Crippen molar-refractivity contribution in [1.82, 2.24) is 10.2 Å². The lowest BCUT2D eigenvalue weighted by Crippen LogP contribution is -2.51. The Bertz CT molecular complexity index is 927. The molecule has 0 heterocycles. The van der Waals surface area contributed by atoms with E-state index in [4.69, 9.17) is 4.74 Å². The molecule has 0 fully saturated rings. The summed E-state index contributed by atoms with van der Waals surface area (Å²) in [5, 5.41) is 2.95. The monoisotopic (exact) mass is 502 g/mol. The van der Waals surface area contributed by atoms with Gasteiger partial charge in [-0.15, -0.1) is 0 Å². The van der Waals surface area contributed by atoms with Crippen molar-refractivity contribution >= 4 is 27.7 Å². The predicted octanol–water partition coefficient (Wildman–Crippen LogP) is 5.59. The second kappa shape index (κ2) is 12.0. The second-order valence-electron chi connectivity index (χ2n) is 8.67. The second-order valence-corrected chi connectivity index (χ2v) is 9.52. The maximum Gasteiger partial charge on any atom is 0.261 e. The van der Waals surface area contributed by atoms with E-state index < -0.39 is 6.04 Å². The summed E-state index contributed by atoms with van der Waals surface area (Å²) in [5.41, 5.74) is 3.28. The molecule has 0 radical (unpaired) electrons. The summed E-state index contributed by atoms with van der Waals surface area (Å²) in [7, 11) is 0. The fraction of sp³-hybridized carbons (Fsp3) is 0.462. The van der Waals surface area contributed by atoms with Gasteiger partial charge < -0.3 is 15.0 Å². The molecular formula is C26H35BrN2O3. The lowest BCUT2D eigenvalue weighted by Gasteiger charge is -2.31. The van der Waals surface area contributed by atoms with Crippen molar-refractivity contribution in [1.29, 1.82) is 0 Å². The summed E-state index contributed by atoms with van der Waals surface area (Å²) in [6, 6.07) is 13.2. The van der Waals surface area contributed by atoms with E-state index in [0.29, 0.717) is 24.6 Å². The van der Waals surface area contributed by atoms with Gasteiger partial charge in [-0.25, -0.2) is 0 Å². The van der Waals surface area contributed by atoms with E-state index in [-0.39, 0.29) is 24.5 Å². The van der Waals surface area contributed by atoms with Crippen molar-refractivity contribution in [3.05, 3.63) is 63.6 Å². The molecule has 0 spiro atoms. The van der Waals surface area contributed by atoms with Crippen LogP contribution >= 0.6 is 15.9 Å². The van der Waals surface area contributed by atoms with Gasteiger partial charge in [0.15, 0.2) is 6.61 Å². The summed E-state index contributed by atoms with van der Waals surface area (Å²) in [6.07, 6.45) is 0.517. The number of halogens is 1. The summed E-state index contributed by atoms with van der Waals surface area (Å²) in [4.78, 5) is 27.8. The number of ether oxygens (including phenoxy) is 1. The molecule has 2 rings (SSSR count). The van der Waals surface area contributed by atoms with E-state index in [1.807, 2.05) is 70.2 Å². The average Bonchev–Trinajstić information content (AvgIpc) is 2.73. The van der Waals surface area contributed by atoms with Crippen LogP contribution in [0.15, 0.2) is 46.9 Å². The summed E-state index contributed by atoms with van der Waals surface area (Å²) in [5.74, 6) is 0.639. The fourth-order valence-corrected chi connectivity index (χ4v) is 4.00. The fourth-order valence-electron chi connectivity index (χ4n) is 3.49. The average molecular weight is 503 g/mol. The van der Waals surface area contributed by atoms with Crippen LogP contribution in [-0.4, -0.2) is 35.4 Å². The number of rotatable bonds is 10. The van der Waals surface area contributed by atoms with Crippen molar-refractivity contribution in [3.63, 3.8) is 0 Å². The Morgan fingerprint density at radius 1 is 1.09 bits per heavy atom. The lowest BCUT2D eigenvalue weighted by atomic mass is 10.0. The molecule has 1 atom stereocenters. The molecule has 2 aromatic carbocycles. The van der Waals surface area contributed by atoms with E-state index in [1.54, 1.807) is 4.90 Å². The Kier molecular flexibility index (Phi) is 9.76. The van der Waals surface area contributed by atoms with E-state index in [0.717, 1.165) is 15.6 Å². The van der Waals surface area contributed by atoms with Gasteiger partial charge in [-0.3, -0.25) is 9.59 Å². The van der Waals surface area contributed by atoms with Crippen LogP contribution < -0.4 is 10.1 Å². The standard InChI is InChI=1S/C26H35BrN2O3/c1-7-23(26(31)28-18(4)5)29(15-21-11-9-8-10-19(21)6)25(30)16-32-24-13-12-20(17(2)3)14-22(24)27/h8-14,17-18,23H,7,15-16H2,1-6H3,(H,28,31)/t23-/m1/s1. The highest BCUT2D eigenvalue weighted by Gasteiger charge is 2.29. The van der Waals surface area contributed by atoms with Crippen LogP contribution in [0.25, 0.3) is 0 Å². The molecule has 0 saturated carbocycles. The van der Waals surface area contributed by atoms with Crippen LogP contribution in [0.5, 0.6) is 5.75 Å². The highest BCUT2D eigenvalue weighted by molar-refractivity contribution is 9.10. The van der Waals surface area contributed by atoms with Gasteiger partial charge in [0.2, 0.25) is 5.91 Å². The molecular weight excluding hydrogens is 468 g/mol. The highest BCUT2D eigenvalue weighted by atomic mass is 79.9. The zero-order chi connectivity index (χ0) is 23.8. The van der Waals surface area contributed by atoms with E-state index in [9.17, 15) is 9.59 Å². The van der Waals surface area contributed by atoms with Crippen LogP contribution in [0, 0.1) is 6.92 Å². The first-order chi connectivity index (χ1) is 15.1. The van der Waals surface area contributed by atoms with Crippen LogP contribution in [0.1, 0.15) is 63.6 Å². The number of nitrogens with zero attached hydrogens (tertiary/aromatic N) is 1. The molecule has 6 heteroatoms. The van der Waals surface area contributed by atoms with Crippen LogP contribution in [-0.2, 0) is 16.1 Å². The normalized spacial score (nSPS) is 12.0. The van der Waals surface area contributed by atoms with Gasteiger partial charge in [-0.1, -0.05) is 51.1 Å². The summed E-state index contributed by atoms with van der Waals surface area (Å²) in [6.45, 7) is 12.2. The van der Waals surface area contributed by atoms with E-state index in [2.05, 4.69) is 35.1 Å². The Balaban J connectivity index is 2.24. The van der Waals surface area contributed by atoms with Crippen molar-refractivity contribution in [2.24, 2.45) is 0 Å². The molecule has 0 aromatic heterocycles. The number of aryl methyl sites for hydroxylation is 1. The van der Waals surface area contributed by atoms with Gasteiger partial charge in [0, 0.05) is 12.6 Å². The first kappa shape index (κ1) is 25.9. The summed E-state index contributed by atoms with van der Waals surface area (Å²) < 4.78 is 6.68. The summed E-state index contributed by atoms with van der Waals surface area (Å²) >= 11 is 3.54. The molecule has 5 nitrogen and oxygen atoms in total.